The van der Waals surface area contributed by atoms with E-state index in [9.17, 15) is 9.18 Å². The lowest BCUT2D eigenvalue weighted by Crippen LogP contribution is -2.07. The molecule has 3 aromatic rings. The lowest BCUT2D eigenvalue weighted by molar-refractivity contribution is -0.111. The molecule has 1 amide bonds. The first-order valence-electron chi connectivity index (χ1n) is 7.17. The fraction of sp³-hybridized carbons (Fsp3) is 0. The highest BCUT2D eigenvalue weighted by Crippen LogP contribution is 2.32. The third kappa shape index (κ3) is 4.66. The molecule has 0 spiro atoms. The van der Waals surface area contributed by atoms with Gasteiger partial charge in [-0.15, -0.1) is 11.3 Å². The average molecular weight is 393 g/mol. The Labute approximate surface area is 157 Å². The van der Waals surface area contributed by atoms with Crippen molar-refractivity contribution in [1.29, 1.82) is 0 Å². The Morgan fingerprint density at radius 1 is 1.16 bits per heavy atom. The van der Waals surface area contributed by atoms with Crippen molar-refractivity contribution in [3.63, 3.8) is 0 Å². The number of halogens is 3. The van der Waals surface area contributed by atoms with Gasteiger partial charge in [-0.25, -0.2) is 9.37 Å². The van der Waals surface area contributed by atoms with E-state index in [0.717, 1.165) is 11.1 Å². The van der Waals surface area contributed by atoms with Crippen LogP contribution in [0.3, 0.4) is 0 Å². The summed E-state index contributed by atoms with van der Waals surface area (Å²) in [7, 11) is 0. The number of rotatable bonds is 4. The van der Waals surface area contributed by atoms with Gasteiger partial charge < -0.3 is 0 Å². The van der Waals surface area contributed by atoms with Gasteiger partial charge in [-0.05, 0) is 42.0 Å². The van der Waals surface area contributed by atoms with Gasteiger partial charge in [0.05, 0.1) is 10.7 Å². The second-order valence-corrected chi connectivity index (χ2v) is 6.74. The largest absolute Gasteiger partial charge is 0.298 e. The van der Waals surface area contributed by atoms with Crippen LogP contribution in [0.1, 0.15) is 5.56 Å². The van der Waals surface area contributed by atoms with Crippen molar-refractivity contribution >= 4 is 51.7 Å². The number of thiazole rings is 1. The third-order valence-electron chi connectivity index (χ3n) is 3.24. The number of carbonyl (C=O) groups excluding carboxylic acids is 1. The summed E-state index contributed by atoms with van der Waals surface area (Å²) in [5.41, 5.74) is 2.12. The van der Waals surface area contributed by atoms with E-state index in [-0.39, 0.29) is 11.7 Å². The number of nitrogens with one attached hydrogen (secondary N) is 1. The molecule has 0 aliphatic rings. The zero-order chi connectivity index (χ0) is 17.8. The molecule has 1 heterocycles. The quantitative estimate of drug-likeness (QED) is 0.560. The van der Waals surface area contributed by atoms with Crippen LogP contribution in [0.15, 0.2) is 53.9 Å². The van der Waals surface area contributed by atoms with Crippen molar-refractivity contribution in [2.45, 2.75) is 0 Å². The number of aromatic nitrogens is 1. The SMILES string of the molecule is O=C(/C=C/c1ccc(F)cc1)Nc1nc(-c2ccc(Cl)cc2Cl)cs1. The van der Waals surface area contributed by atoms with E-state index in [4.69, 9.17) is 23.2 Å². The van der Waals surface area contributed by atoms with Gasteiger partial charge in [0.1, 0.15) is 5.82 Å². The highest BCUT2D eigenvalue weighted by Gasteiger charge is 2.10. The Kier molecular flexibility index (Phi) is 5.48. The molecule has 0 bridgehead atoms. The molecule has 0 atom stereocenters. The number of hydrogen-bond donors (Lipinski definition) is 1. The average Bonchev–Trinajstić information content (AvgIpc) is 3.02. The maximum absolute atomic E-state index is 12.8. The summed E-state index contributed by atoms with van der Waals surface area (Å²) in [4.78, 5) is 16.3. The van der Waals surface area contributed by atoms with Crippen molar-refractivity contribution in [2.75, 3.05) is 5.32 Å². The van der Waals surface area contributed by atoms with Gasteiger partial charge in [0, 0.05) is 22.0 Å². The van der Waals surface area contributed by atoms with Crippen LogP contribution < -0.4 is 5.32 Å². The minimum Gasteiger partial charge on any atom is -0.298 e. The van der Waals surface area contributed by atoms with E-state index >= 15 is 0 Å². The van der Waals surface area contributed by atoms with Gasteiger partial charge in [0.15, 0.2) is 5.13 Å². The second-order valence-electron chi connectivity index (χ2n) is 5.04. The molecule has 0 aliphatic carbocycles. The summed E-state index contributed by atoms with van der Waals surface area (Å²) >= 11 is 13.3. The zero-order valence-corrected chi connectivity index (χ0v) is 15.0. The number of carbonyl (C=O) groups is 1. The van der Waals surface area contributed by atoms with E-state index < -0.39 is 0 Å². The molecule has 2 aromatic carbocycles. The molecule has 3 nitrogen and oxygen atoms in total. The minimum atomic E-state index is -0.326. The van der Waals surface area contributed by atoms with Crippen LogP contribution in [0, 0.1) is 5.82 Å². The van der Waals surface area contributed by atoms with E-state index in [1.165, 1.54) is 29.5 Å². The summed E-state index contributed by atoms with van der Waals surface area (Å²) in [6.45, 7) is 0. The minimum absolute atomic E-state index is 0.322. The molecule has 1 N–H and O–H groups in total. The second kappa shape index (κ2) is 7.78. The van der Waals surface area contributed by atoms with Gasteiger partial charge in [0.2, 0.25) is 5.91 Å². The van der Waals surface area contributed by atoms with E-state index in [0.29, 0.717) is 20.9 Å². The van der Waals surface area contributed by atoms with Crippen LogP contribution in [0.2, 0.25) is 10.0 Å². The van der Waals surface area contributed by atoms with E-state index in [1.807, 2.05) is 0 Å². The number of nitrogens with zero attached hydrogens (tertiary/aromatic N) is 1. The number of anilines is 1. The zero-order valence-electron chi connectivity index (χ0n) is 12.7. The monoisotopic (exact) mass is 392 g/mol. The molecule has 7 heteroatoms. The van der Waals surface area contributed by atoms with Crippen molar-refractivity contribution in [2.24, 2.45) is 0 Å². The summed E-state index contributed by atoms with van der Waals surface area (Å²) in [5, 5.41) is 5.97. The summed E-state index contributed by atoms with van der Waals surface area (Å²) < 4.78 is 12.8. The van der Waals surface area contributed by atoms with Gasteiger partial charge >= 0.3 is 0 Å². The van der Waals surface area contributed by atoms with Crippen molar-refractivity contribution in [1.82, 2.24) is 4.98 Å². The Hall–Kier alpha value is -2.21. The first kappa shape index (κ1) is 17.6. The van der Waals surface area contributed by atoms with Crippen molar-refractivity contribution < 1.29 is 9.18 Å². The Morgan fingerprint density at radius 2 is 1.92 bits per heavy atom. The molecule has 0 saturated heterocycles. The normalized spacial score (nSPS) is 11.0. The number of benzene rings is 2. The van der Waals surface area contributed by atoms with Crippen LogP contribution in [-0.4, -0.2) is 10.9 Å². The summed E-state index contributed by atoms with van der Waals surface area (Å²) in [6, 6.07) is 11.0. The van der Waals surface area contributed by atoms with Crippen LogP contribution in [0.5, 0.6) is 0 Å². The molecule has 0 saturated carbocycles. The molecular weight excluding hydrogens is 382 g/mol. The van der Waals surface area contributed by atoms with Crippen molar-refractivity contribution in [3.05, 3.63) is 75.3 Å². The summed E-state index contributed by atoms with van der Waals surface area (Å²) in [6.07, 6.45) is 2.96. The summed E-state index contributed by atoms with van der Waals surface area (Å²) in [5.74, 6) is -0.648. The maximum atomic E-state index is 12.8. The standard InChI is InChI=1S/C18H11Cl2FN2OS/c19-12-4-7-14(15(20)9-12)16-10-25-18(22-16)23-17(24)8-3-11-1-5-13(21)6-2-11/h1-10H,(H,22,23,24)/b8-3+. The molecule has 126 valence electrons. The van der Waals surface area contributed by atoms with Gasteiger partial charge in [-0.1, -0.05) is 35.3 Å². The lowest BCUT2D eigenvalue weighted by atomic mass is 10.2. The predicted molar refractivity (Wildman–Crippen MR) is 102 cm³/mol. The van der Waals surface area contributed by atoms with Crippen molar-refractivity contribution in [3.8, 4) is 11.3 Å². The first-order chi connectivity index (χ1) is 12.0. The topological polar surface area (TPSA) is 42.0 Å². The fourth-order valence-corrected chi connectivity index (χ4v) is 3.26. The Morgan fingerprint density at radius 3 is 2.64 bits per heavy atom. The van der Waals surface area contributed by atoms with Gasteiger partial charge in [-0.2, -0.15) is 0 Å². The highest BCUT2D eigenvalue weighted by molar-refractivity contribution is 7.14. The molecule has 1 aromatic heterocycles. The number of amides is 1. The fourth-order valence-electron chi connectivity index (χ4n) is 2.04. The molecule has 3 rings (SSSR count). The van der Waals surface area contributed by atoms with Crippen LogP contribution in [0.4, 0.5) is 9.52 Å². The molecule has 0 unspecified atom stereocenters. The third-order valence-corrected chi connectivity index (χ3v) is 4.54. The van der Waals surface area contributed by atoms with E-state index in [1.54, 1.807) is 41.8 Å². The van der Waals surface area contributed by atoms with Crippen LogP contribution in [0.25, 0.3) is 17.3 Å². The van der Waals surface area contributed by atoms with Crippen LogP contribution in [-0.2, 0) is 4.79 Å². The predicted octanol–water partition coefficient (Wildman–Crippen LogP) is 5.91. The maximum Gasteiger partial charge on any atom is 0.250 e. The molecule has 0 fully saturated rings. The first-order valence-corrected chi connectivity index (χ1v) is 8.80. The Balaban J connectivity index is 1.68. The molecule has 0 aliphatic heterocycles. The highest BCUT2D eigenvalue weighted by atomic mass is 35.5. The smallest absolute Gasteiger partial charge is 0.250 e. The van der Waals surface area contributed by atoms with Gasteiger partial charge in [-0.3, -0.25) is 10.1 Å². The molecule has 25 heavy (non-hydrogen) atoms. The Bertz CT molecular complexity index is 939. The van der Waals surface area contributed by atoms with E-state index in [2.05, 4.69) is 10.3 Å². The van der Waals surface area contributed by atoms with Crippen LogP contribution >= 0.6 is 34.5 Å². The number of hydrogen-bond acceptors (Lipinski definition) is 3. The lowest BCUT2D eigenvalue weighted by Gasteiger charge is -2.01. The molecule has 0 radical (unpaired) electrons. The van der Waals surface area contributed by atoms with Gasteiger partial charge in [0.25, 0.3) is 0 Å². The molecular formula is C18H11Cl2FN2OS.